The van der Waals surface area contributed by atoms with Crippen molar-refractivity contribution in [3.63, 3.8) is 0 Å². The number of carbonyl (C=O) groups excluding carboxylic acids is 1. The van der Waals surface area contributed by atoms with E-state index in [4.69, 9.17) is 0 Å². The number of hydrogen-bond acceptors (Lipinski definition) is 4. The number of nitrogens with zero attached hydrogens (tertiary/aromatic N) is 1. The van der Waals surface area contributed by atoms with E-state index in [1.165, 1.54) is 22.8 Å². The minimum atomic E-state index is -0.259. The molecule has 0 aromatic heterocycles. The second-order valence-electron chi connectivity index (χ2n) is 7.20. The normalized spacial score (nSPS) is 16.8. The molecule has 0 saturated carbocycles. The first kappa shape index (κ1) is 18.0. The molecule has 1 aromatic carbocycles. The molecule has 0 radical (unpaired) electrons. The van der Waals surface area contributed by atoms with Gasteiger partial charge in [0.25, 0.3) is 0 Å². The molecule has 2 rings (SSSR count). The van der Waals surface area contributed by atoms with Gasteiger partial charge in [-0.1, -0.05) is 0 Å². The minimum Gasteiger partial charge on any atom is -0.374 e. The van der Waals surface area contributed by atoms with E-state index < -0.39 is 0 Å². The van der Waals surface area contributed by atoms with Gasteiger partial charge in [0.15, 0.2) is 0 Å². The number of nitrogens with one attached hydrogen (secondary N) is 2. The lowest BCUT2D eigenvalue weighted by molar-refractivity contribution is -0.122. The second-order valence-corrected chi connectivity index (χ2v) is 8.43. The van der Waals surface area contributed by atoms with Crippen LogP contribution in [0.5, 0.6) is 0 Å². The fourth-order valence-corrected chi connectivity index (χ4v) is 3.51. The quantitative estimate of drug-likeness (QED) is 0.886. The van der Waals surface area contributed by atoms with Gasteiger partial charge in [0.05, 0.1) is 0 Å². The van der Waals surface area contributed by atoms with Gasteiger partial charge in [-0.25, -0.2) is 0 Å². The highest BCUT2D eigenvalue weighted by Gasteiger charge is 2.20. The summed E-state index contributed by atoms with van der Waals surface area (Å²) in [7, 11) is 0. The molecular formula is C18H29N3OS. The van der Waals surface area contributed by atoms with E-state index in [9.17, 15) is 4.79 Å². The van der Waals surface area contributed by atoms with Crippen molar-refractivity contribution in [1.82, 2.24) is 5.32 Å². The Morgan fingerprint density at radius 1 is 1.26 bits per heavy atom. The van der Waals surface area contributed by atoms with Crippen LogP contribution in [0, 0.1) is 6.92 Å². The monoisotopic (exact) mass is 335 g/mol. The summed E-state index contributed by atoms with van der Waals surface area (Å²) in [5, 5.41) is 6.34. The fraction of sp³-hybridized carbons (Fsp3) is 0.611. The summed E-state index contributed by atoms with van der Waals surface area (Å²) in [5.41, 5.74) is 3.27. The summed E-state index contributed by atoms with van der Waals surface area (Å²) in [6, 6.07) is 6.20. The van der Waals surface area contributed by atoms with Gasteiger partial charge in [0, 0.05) is 41.5 Å². The second kappa shape index (κ2) is 7.47. The van der Waals surface area contributed by atoms with Gasteiger partial charge in [-0.3, -0.25) is 4.79 Å². The van der Waals surface area contributed by atoms with E-state index in [-0.39, 0.29) is 17.5 Å². The first-order valence-electron chi connectivity index (χ1n) is 8.28. The average Bonchev–Trinajstić information content (AvgIpc) is 2.48. The number of rotatable bonds is 4. The largest absolute Gasteiger partial charge is 0.374 e. The SMILES string of the molecule is Cc1cc(N2CCSCC2)ccc1N[C@H](C)C(=O)NC(C)(C)C. The third-order valence-corrected chi connectivity index (χ3v) is 4.79. The molecule has 1 heterocycles. The molecule has 1 saturated heterocycles. The molecule has 0 unspecified atom stereocenters. The Hall–Kier alpha value is -1.36. The zero-order valence-electron chi connectivity index (χ0n) is 14.9. The molecule has 1 amide bonds. The van der Waals surface area contributed by atoms with Gasteiger partial charge in [-0.2, -0.15) is 11.8 Å². The summed E-state index contributed by atoms with van der Waals surface area (Å²) < 4.78 is 0. The smallest absolute Gasteiger partial charge is 0.242 e. The van der Waals surface area contributed by atoms with Crippen LogP contribution >= 0.6 is 11.8 Å². The number of amides is 1. The molecular weight excluding hydrogens is 306 g/mol. The van der Waals surface area contributed by atoms with Crippen LogP contribution in [0.4, 0.5) is 11.4 Å². The Morgan fingerprint density at radius 3 is 2.48 bits per heavy atom. The van der Waals surface area contributed by atoms with Crippen LogP contribution in [0.25, 0.3) is 0 Å². The molecule has 1 atom stereocenters. The molecule has 5 heteroatoms. The number of anilines is 2. The zero-order valence-corrected chi connectivity index (χ0v) is 15.7. The molecule has 0 spiro atoms. The van der Waals surface area contributed by atoms with Crippen LogP contribution in [-0.2, 0) is 4.79 Å². The predicted octanol–water partition coefficient (Wildman–Crippen LogP) is 3.26. The molecule has 2 N–H and O–H groups in total. The zero-order chi connectivity index (χ0) is 17.0. The van der Waals surface area contributed by atoms with Gasteiger partial charge < -0.3 is 15.5 Å². The van der Waals surface area contributed by atoms with Crippen molar-refractivity contribution >= 4 is 29.0 Å². The molecule has 128 valence electrons. The van der Waals surface area contributed by atoms with Crippen molar-refractivity contribution < 1.29 is 4.79 Å². The summed E-state index contributed by atoms with van der Waals surface area (Å²) in [5.74, 6) is 2.42. The number of carbonyl (C=O) groups is 1. The lowest BCUT2D eigenvalue weighted by Gasteiger charge is -2.29. The summed E-state index contributed by atoms with van der Waals surface area (Å²) >= 11 is 2.02. The molecule has 0 bridgehead atoms. The van der Waals surface area contributed by atoms with Crippen LogP contribution in [0.2, 0.25) is 0 Å². The molecule has 1 fully saturated rings. The van der Waals surface area contributed by atoms with E-state index in [1.807, 2.05) is 39.5 Å². The Labute approximate surface area is 144 Å². The van der Waals surface area contributed by atoms with Crippen molar-refractivity contribution in [1.29, 1.82) is 0 Å². The van der Waals surface area contributed by atoms with Crippen LogP contribution in [0.1, 0.15) is 33.3 Å². The van der Waals surface area contributed by atoms with Crippen LogP contribution in [-0.4, -0.2) is 42.1 Å². The number of thioether (sulfide) groups is 1. The predicted molar refractivity (Wildman–Crippen MR) is 102 cm³/mol. The molecule has 1 aliphatic heterocycles. The van der Waals surface area contributed by atoms with Gasteiger partial charge in [0.1, 0.15) is 6.04 Å². The Morgan fingerprint density at radius 2 is 1.91 bits per heavy atom. The van der Waals surface area contributed by atoms with E-state index in [2.05, 4.69) is 40.7 Å². The molecule has 1 aliphatic rings. The minimum absolute atomic E-state index is 0.0223. The van der Waals surface area contributed by atoms with Crippen molar-refractivity contribution in [2.45, 2.75) is 46.2 Å². The van der Waals surface area contributed by atoms with Crippen LogP contribution in [0.3, 0.4) is 0 Å². The Bertz CT molecular complexity index is 548. The standard InChI is InChI=1S/C18H29N3OS/c1-13-12-15(21-8-10-23-11-9-21)6-7-16(13)19-14(2)17(22)20-18(3,4)5/h6-7,12,14,19H,8-11H2,1-5H3,(H,20,22)/t14-/m1/s1. The number of aryl methyl sites for hydroxylation is 1. The average molecular weight is 336 g/mol. The highest BCUT2D eigenvalue weighted by Crippen LogP contribution is 2.25. The number of hydrogen-bond donors (Lipinski definition) is 2. The van der Waals surface area contributed by atoms with E-state index in [0.717, 1.165) is 18.8 Å². The maximum atomic E-state index is 12.2. The summed E-state index contributed by atoms with van der Waals surface area (Å²) in [6.45, 7) is 12.2. The summed E-state index contributed by atoms with van der Waals surface area (Å²) in [4.78, 5) is 14.6. The van der Waals surface area contributed by atoms with Crippen LogP contribution in [0.15, 0.2) is 18.2 Å². The molecule has 0 aliphatic carbocycles. The van der Waals surface area contributed by atoms with E-state index in [0.29, 0.717) is 0 Å². The van der Waals surface area contributed by atoms with Crippen molar-refractivity contribution in [2.75, 3.05) is 34.8 Å². The van der Waals surface area contributed by atoms with E-state index in [1.54, 1.807) is 0 Å². The maximum absolute atomic E-state index is 12.2. The molecule has 4 nitrogen and oxygen atoms in total. The lowest BCUT2D eigenvalue weighted by atomic mass is 10.1. The molecule has 1 aromatic rings. The Kier molecular flexibility index (Phi) is 5.84. The topological polar surface area (TPSA) is 44.4 Å². The van der Waals surface area contributed by atoms with Gasteiger partial charge in [-0.05, 0) is 58.4 Å². The first-order chi connectivity index (χ1) is 10.8. The highest BCUT2D eigenvalue weighted by atomic mass is 32.2. The van der Waals surface area contributed by atoms with Gasteiger partial charge in [-0.15, -0.1) is 0 Å². The first-order valence-corrected chi connectivity index (χ1v) is 9.43. The number of benzene rings is 1. The van der Waals surface area contributed by atoms with E-state index >= 15 is 0 Å². The van der Waals surface area contributed by atoms with Gasteiger partial charge >= 0.3 is 0 Å². The van der Waals surface area contributed by atoms with Crippen LogP contribution < -0.4 is 15.5 Å². The molecule has 23 heavy (non-hydrogen) atoms. The van der Waals surface area contributed by atoms with Crippen molar-refractivity contribution in [2.24, 2.45) is 0 Å². The Balaban J connectivity index is 2.01. The van der Waals surface area contributed by atoms with Gasteiger partial charge in [0.2, 0.25) is 5.91 Å². The third kappa shape index (κ3) is 5.34. The highest BCUT2D eigenvalue weighted by molar-refractivity contribution is 7.99. The summed E-state index contributed by atoms with van der Waals surface area (Å²) in [6.07, 6.45) is 0. The maximum Gasteiger partial charge on any atom is 0.242 e. The fourth-order valence-electron chi connectivity index (χ4n) is 2.60. The van der Waals surface area contributed by atoms with Crippen molar-refractivity contribution in [3.05, 3.63) is 23.8 Å². The lowest BCUT2D eigenvalue weighted by Crippen LogP contribution is -2.47. The van der Waals surface area contributed by atoms with Crippen molar-refractivity contribution in [3.8, 4) is 0 Å². The third-order valence-electron chi connectivity index (χ3n) is 3.85.